The minimum atomic E-state index is -0.319. The van der Waals surface area contributed by atoms with Crippen molar-refractivity contribution >= 4 is 27.7 Å². The van der Waals surface area contributed by atoms with Gasteiger partial charge in [0.25, 0.3) is 5.95 Å². The van der Waals surface area contributed by atoms with Crippen molar-refractivity contribution in [2.45, 2.75) is 27.3 Å². The first-order valence-electron chi connectivity index (χ1n) is 9.10. The van der Waals surface area contributed by atoms with Gasteiger partial charge >= 0.3 is 0 Å². The molecule has 0 radical (unpaired) electrons. The number of hydrogen-bond acceptors (Lipinski definition) is 7. The van der Waals surface area contributed by atoms with Crippen molar-refractivity contribution < 1.29 is 4.79 Å². The van der Waals surface area contributed by atoms with Gasteiger partial charge in [0.2, 0.25) is 11.7 Å². The molecule has 4 aromatic rings. The molecule has 30 heavy (non-hydrogen) atoms. The summed E-state index contributed by atoms with van der Waals surface area (Å²) < 4.78 is 2.47. The number of hydrogen-bond donors (Lipinski definition) is 1. The van der Waals surface area contributed by atoms with Crippen LogP contribution in [0.5, 0.6) is 0 Å². The second-order valence-corrected chi connectivity index (χ2v) is 7.65. The fourth-order valence-corrected chi connectivity index (χ4v) is 3.14. The summed E-state index contributed by atoms with van der Waals surface area (Å²) in [6.45, 7) is 5.50. The van der Waals surface area contributed by atoms with Crippen molar-refractivity contribution in [1.82, 2.24) is 40.0 Å². The molecule has 11 heteroatoms. The Kier molecular flexibility index (Phi) is 5.36. The Hall–Kier alpha value is -3.47. The summed E-state index contributed by atoms with van der Waals surface area (Å²) in [6.07, 6.45) is 0. The lowest BCUT2D eigenvalue weighted by molar-refractivity contribution is -0.117. The Morgan fingerprint density at radius 1 is 1.00 bits per heavy atom. The molecule has 0 aliphatic rings. The Morgan fingerprint density at radius 2 is 1.70 bits per heavy atom. The maximum atomic E-state index is 12.6. The number of anilines is 1. The lowest BCUT2D eigenvalue weighted by Gasteiger charge is -2.08. The number of amides is 1. The highest BCUT2D eigenvalue weighted by Gasteiger charge is 2.15. The van der Waals surface area contributed by atoms with E-state index in [0.29, 0.717) is 17.6 Å². The third kappa shape index (κ3) is 4.40. The highest BCUT2D eigenvalue weighted by Crippen LogP contribution is 2.18. The molecule has 0 saturated carbocycles. The zero-order chi connectivity index (χ0) is 21.3. The topological polar surface area (TPSA) is 116 Å². The molecule has 0 saturated heterocycles. The Labute approximate surface area is 180 Å². The third-order valence-electron chi connectivity index (χ3n) is 4.10. The lowest BCUT2D eigenvalue weighted by atomic mass is 10.2. The zero-order valence-corrected chi connectivity index (χ0v) is 18.1. The molecule has 152 valence electrons. The second-order valence-electron chi connectivity index (χ2n) is 6.73. The van der Waals surface area contributed by atoms with E-state index in [1.54, 1.807) is 6.07 Å². The highest BCUT2D eigenvalue weighted by molar-refractivity contribution is 9.10. The summed E-state index contributed by atoms with van der Waals surface area (Å²) in [5.74, 6) is 0.989. The van der Waals surface area contributed by atoms with Crippen LogP contribution in [0.2, 0.25) is 0 Å². The van der Waals surface area contributed by atoms with Crippen molar-refractivity contribution in [3.63, 3.8) is 0 Å². The van der Waals surface area contributed by atoms with Crippen LogP contribution in [0.4, 0.5) is 5.82 Å². The average Bonchev–Trinajstić information content (AvgIpc) is 3.28. The summed E-state index contributed by atoms with van der Waals surface area (Å²) in [5.41, 5.74) is 3.17. The monoisotopic (exact) mass is 467 g/mol. The largest absolute Gasteiger partial charge is 0.309 e. The summed E-state index contributed by atoms with van der Waals surface area (Å²) in [5, 5.41) is 19.5. The Balaban J connectivity index is 1.51. The normalized spacial score (nSPS) is 10.9. The van der Waals surface area contributed by atoms with Gasteiger partial charge in [-0.2, -0.15) is 14.6 Å². The van der Waals surface area contributed by atoms with Crippen molar-refractivity contribution in [2.75, 3.05) is 5.32 Å². The van der Waals surface area contributed by atoms with Gasteiger partial charge in [0.1, 0.15) is 12.4 Å². The van der Waals surface area contributed by atoms with Gasteiger partial charge in [0.05, 0.1) is 5.69 Å². The van der Waals surface area contributed by atoms with Crippen LogP contribution in [0.3, 0.4) is 0 Å². The first-order valence-corrected chi connectivity index (χ1v) is 9.89. The Morgan fingerprint density at radius 3 is 2.40 bits per heavy atom. The number of rotatable bonds is 5. The van der Waals surface area contributed by atoms with Gasteiger partial charge in [-0.15, -0.1) is 10.2 Å². The number of nitrogens with one attached hydrogen (secondary N) is 1. The molecule has 1 aromatic carbocycles. The second kappa shape index (κ2) is 8.11. The molecule has 0 spiro atoms. The molecule has 1 amide bonds. The van der Waals surface area contributed by atoms with Crippen LogP contribution in [0, 0.1) is 20.8 Å². The third-order valence-corrected chi connectivity index (χ3v) is 4.63. The zero-order valence-electron chi connectivity index (χ0n) is 16.5. The van der Waals surface area contributed by atoms with Crippen molar-refractivity contribution in [3.8, 4) is 17.3 Å². The standard InChI is InChI=1S/C19H18BrN9O/c1-11-8-12(2)22-19(21-11)29-16(9-13(3)25-29)23-17(30)10-28-26-18(24-27-28)14-4-6-15(20)7-5-14/h4-9H,10H2,1-3H3,(H,23,30). The van der Waals surface area contributed by atoms with Crippen LogP contribution < -0.4 is 5.32 Å². The molecule has 3 heterocycles. The van der Waals surface area contributed by atoms with Gasteiger partial charge in [0, 0.05) is 27.5 Å². The van der Waals surface area contributed by atoms with E-state index >= 15 is 0 Å². The molecule has 10 nitrogen and oxygen atoms in total. The van der Waals surface area contributed by atoms with Crippen LogP contribution >= 0.6 is 15.9 Å². The molecule has 0 atom stereocenters. The number of aromatic nitrogens is 8. The minimum Gasteiger partial charge on any atom is -0.309 e. The number of carbonyl (C=O) groups is 1. The lowest BCUT2D eigenvalue weighted by Crippen LogP contribution is -2.22. The molecular formula is C19H18BrN9O. The van der Waals surface area contributed by atoms with Gasteiger partial charge in [0.15, 0.2) is 0 Å². The van der Waals surface area contributed by atoms with E-state index in [1.807, 2.05) is 51.1 Å². The first kappa shape index (κ1) is 19.8. The van der Waals surface area contributed by atoms with Gasteiger partial charge in [-0.05, 0) is 56.3 Å². The fourth-order valence-electron chi connectivity index (χ4n) is 2.88. The number of nitrogens with zero attached hydrogens (tertiary/aromatic N) is 8. The molecule has 0 aliphatic carbocycles. The SMILES string of the molecule is Cc1cc(C)nc(-n2nc(C)cc2NC(=O)Cn2nnc(-c3ccc(Br)cc3)n2)n1. The summed E-state index contributed by atoms with van der Waals surface area (Å²) in [6, 6.07) is 11.1. The predicted molar refractivity (Wildman–Crippen MR) is 113 cm³/mol. The van der Waals surface area contributed by atoms with Crippen molar-refractivity contribution in [3.05, 3.63) is 58.0 Å². The molecule has 0 fully saturated rings. The molecule has 0 unspecified atom stereocenters. The maximum Gasteiger partial charge on any atom is 0.252 e. The van der Waals surface area contributed by atoms with Gasteiger partial charge in [-0.1, -0.05) is 15.9 Å². The number of halogens is 1. The first-order chi connectivity index (χ1) is 14.4. The predicted octanol–water partition coefficient (Wildman–Crippen LogP) is 2.64. The van der Waals surface area contributed by atoms with Crippen LogP contribution in [0.15, 0.2) is 40.9 Å². The Bertz CT molecular complexity index is 1190. The number of aryl methyl sites for hydroxylation is 3. The molecule has 0 aliphatic heterocycles. The van der Waals surface area contributed by atoms with Gasteiger partial charge in [-0.25, -0.2) is 9.97 Å². The van der Waals surface area contributed by atoms with Crippen molar-refractivity contribution in [2.24, 2.45) is 0 Å². The average molecular weight is 468 g/mol. The van der Waals surface area contributed by atoms with E-state index in [1.165, 1.54) is 9.48 Å². The van der Waals surface area contributed by atoms with E-state index in [9.17, 15) is 4.79 Å². The summed E-state index contributed by atoms with van der Waals surface area (Å²) >= 11 is 3.39. The molecule has 3 aromatic heterocycles. The van der Waals surface area contributed by atoms with E-state index in [4.69, 9.17) is 0 Å². The molecule has 1 N–H and O–H groups in total. The number of carbonyl (C=O) groups excluding carboxylic acids is 1. The van der Waals surface area contributed by atoms with Crippen LogP contribution in [0.1, 0.15) is 17.1 Å². The smallest absolute Gasteiger partial charge is 0.252 e. The van der Waals surface area contributed by atoms with E-state index < -0.39 is 0 Å². The fraction of sp³-hybridized carbons (Fsp3) is 0.211. The summed E-state index contributed by atoms with van der Waals surface area (Å²) in [7, 11) is 0. The van der Waals surface area contributed by atoms with Crippen LogP contribution in [-0.2, 0) is 11.3 Å². The molecule has 0 bridgehead atoms. The number of benzene rings is 1. The number of tetrazole rings is 1. The van der Waals surface area contributed by atoms with E-state index in [2.05, 4.69) is 51.7 Å². The maximum absolute atomic E-state index is 12.6. The molecular weight excluding hydrogens is 450 g/mol. The van der Waals surface area contributed by atoms with Gasteiger partial charge < -0.3 is 5.32 Å². The van der Waals surface area contributed by atoms with E-state index in [0.717, 1.165) is 27.1 Å². The molecule has 4 rings (SSSR count). The van der Waals surface area contributed by atoms with Crippen LogP contribution in [0.25, 0.3) is 17.3 Å². The highest BCUT2D eigenvalue weighted by atomic mass is 79.9. The summed E-state index contributed by atoms with van der Waals surface area (Å²) in [4.78, 5) is 22.6. The van der Waals surface area contributed by atoms with Crippen molar-refractivity contribution in [1.29, 1.82) is 0 Å². The van der Waals surface area contributed by atoms with E-state index in [-0.39, 0.29) is 12.5 Å². The minimum absolute atomic E-state index is 0.0958. The van der Waals surface area contributed by atoms with Crippen LogP contribution in [-0.4, -0.2) is 45.9 Å². The quantitative estimate of drug-likeness (QED) is 0.479. The van der Waals surface area contributed by atoms with Gasteiger partial charge in [-0.3, -0.25) is 4.79 Å².